The van der Waals surface area contributed by atoms with Gasteiger partial charge in [0, 0.05) is 44.9 Å². The Morgan fingerprint density at radius 3 is 2.51 bits per heavy atom. The van der Waals surface area contributed by atoms with Crippen molar-refractivity contribution >= 4 is 72.8 Å². The minimum absolute atomic E-state index is 0.123. The van der Waals surface area contributed by atoms with Crippen LogP contribution in [0.25, 0.3) is 11.0 Å². The molecule has 1 aromatic carbocycles. The molecular formula is C21H19N13OS2. The van der Waals surface area contributed by atoms with Gasteiger partial charge in [0.15, 0.2) is 27.9 Å². The molecule has 4 heterocycles. The minimum atomic E-state index is -0.226. The molecule has 37 heavy (non-hydrogen) atoms. The Balaban J connectivity index is 1.64. The van der Waals surface area contributed by atoms with E-state index in [-0.39, 0.29) is 17.1 Å². The quantitative estimate of drug-likeness (QED) is 0.230. The van der Waals surface area contributed by atoms with E-state index in [1.807, 2.05) is 6.07 Å². The van der Waals surface area contributed by atoms with Crippen molar-refractivity contribution in [3.63, 3.8) is 0 Å². The number of fused-ring (bicyclic) bond motifs is 1. The monoisotopic (exact) mass is 533 g/mol. The molecule has 0 spiro atoms. The topological polar surface area (TPSA) is 167 Å². The molecule has 0 aliphatic carbocycles. The van der Waals surface area contributed by atoms with Crippen molar-refractivity contribution in [2.24, 2.45) is 37.7 Å². The standard InChI is InChI=1S/C21H19N13OS2/c1-11-24-21(37-31-11)30-25-13-10-14(26-29-20-12-6-5-8-22-19(12)32-36-20)18(35)16(17(13)33(2)3)28-27-15-7-9-23-34(15)4/h5-10,35H,1-4H3/b28-27+,29-26+,30-25+. The van der Waals surface area contributed by atoms with E-state index in [0.717, 1.165) is 28.5 Å². The van der Waals surface area contributed by atoms with Gasteiger partial charge in [-0.3, -0.25) is 0 Å². The fourth-order valence-electron chi connectivity index (χ4n) is 3.24. The first-order valence-electron chi connectivity index (χ1n) is 10.7. The van der Waals surface area contributed by atoms with Crippen molar-refractivity contribution in [1.82, 2.24) is 28.5 Å². The zero-order chi connectivity index (χ0) is 25.9. The summed E-state index contributed by atoms with van der Waals surface area (Å²) in [7, 11) is 5.33. The maximum absolute atomic E-state index is 11.2. The molecule has 0 radical (unpaired) electrons. The first kappa shape index (κ1) is 24.1. The first-order chi connectivity index (χ1) is 17.9. The number of pyridine rings is 1. The van der Waals surface area contributed by atoms with E-state index in [4.69, 9.17) is 0 Å². The van der Waals surface area contributed by atoms with Crippen LogP contribution in [0.1, 0.15) is 5.82 Å². The zero-order valence-corrected chi connectivity index (χ0v) is 21.7. The van der Waals surface area contributed by atoms with E-state index in [1.165, 1.54) is 0 Å². The molecule has 0 unspecified atom stereocenters. The van der Waals surface area contributed by atoms with E-state index in [0.29, 0.717) is 38.8 Å². The number of nitrogens with zero attached hydrogens (tertiary/aromatic N) is 13. The summed E-state index contributed by atoms with van der Waals surface area (Å²) >= 11 is 2.28. The molecule has 0 bridgehead atoms. The third kappa shape index (κ3) is 5.05. The van der Waals surface area contributed by atoms with Crippen molar-refractivity contribution in [2.45, 2.75) is 6.92 Å². The SMILES string of the molecule is Cc1nsc(/N=N/c2cc(/N=N/c3snc4ncccc34)c(O)c(/N=N/c3ccnn3C)c2N(C)C)n1. The lowest BCUT2D eigenvalue weighted by Gasteiger charge is -2.18. The number of phenolic OH excluding ortho intramolecular Hbond substituents is 1. The number of aromatic hydroxyl groups is 1. The van der Waals surface area contributed by atoms with Crippen molar-refractivity contribution in [3.8, 4) is 5.75 Å². The molecule has 4 aromatic heterocycles. The van der Waals surface area contributed by atoms with Crippen LogP contribution in [0.15, 0.2) is 67.3 Å². The molecular weight excluding hydrogens is 514 g/mol. The Bertz CT molecular complexity index is 1660. The smallest absolute Gasteiger partial charge is 0.249 e. The number of phenols is 1. The summed E-state index contributed by atoms with van der Waals surface area (Å²) in [5, 5.41) is 42.8. The molecule has 14 nitrogen and oxygen atoms in total. The highest BCUT2D eigenvalue weighted by Gasteiger charge is 2.21. The lowest BCUT2D eigenvalue weighted by Crippen LogP contribution is -2.09. The van der Waals surface area contributed by atoms with Crippen LogP contribution >= 0.6 is 23.1 Å². The molecule has 0 atom stereocenters. The lowest BCUT2D eigenvalue weighted by molar-refractivity contribution is 0.477. The summed E-state index contributed by atoms with van der Waals surface area (Å²) in [4.78, 5) is 10.2. The van der Waals surface area contributed by atoms with Gasteiger partial charge in [0.2, 0.25) is 5.13 Å². The van der Waals surface area contributed by atoms with Gasteiger partial charge in [0.05, 0.1) is 17.3 Å². The van der Waals surface area contributed by atoms with Crippen molar-refractivity contribution in [2.75, 3.05) is 19.0 Å². The molecule has 186 valence electrons. The van der Waals surface area contributed by atoms with Crippen molar-refractivity contribution < 1.29 is 5.11 Å². The van der Waals surface area contributed by atoms with Gasteiger partial charge in [-0.05, 0) is 36.7 Å². The van der Waals surface area contributed by atoms with E-state index in [2.05, 4.69) is 54.5 Å². The predicted octanol–water partition coefficient (Wildman–Crippen LogP) is 6.60. The lowest BCUT2D eigenvalue weighted by atomic mass is 10.1. The van der Waals surface area contributed by atoms with E-state index in [1.54, 1.807) is 68.2 Å². The maximum Gasteiger partial charge on any atom is 0.249 e. The van der Waals surface area contributed by atoms with Crippen molar-refractivity contribution in [1.29, 1.82) is 0 Å². The Labute approximate surface area is 218 Å². The summed E-state index contributed by atoms with van der Waals surface area (Å²) in [5.74, 6) is 0.868. The number of hydrogen-bond acceptors (Lipinski definition) is 15. The Morgan fingerprint density at radius 2 is 1.78 bits per heavy atom. The van der Waals surface area contributed by atoms with Gasteiger partial charge in [0.25, 0.3) is 0 Å². The molecule has 1 N–H and O–H groups in total. The summed E-state index contributed by atoms with van der Waals surface area (Å²) in [6.07, 6.45) is 3.26. The maximum atomic E-state index is 11.2. The van der Waals surface area contributed by atoms with Gasteiger partial charge in [0.1, 0.15) is 17.2 Å². The normalized spacial score (nSPS) is 12.1. The van der Waals surface area contributed by atoms with Crippen molar-refractivity contribution in [3.05, 3.63) is 42.5 Å². The third-order valence-electron chi connectivity index (χ3n) is 4.95. The summed E-state index contributed by atoms with van der Waals surface area (Å²) in [5.41, 5.74) is 1.68. The van der Waals surface area contributed by atoms with Gasteiger partial charge in [-0.2, -0.15) is 13.8 Å². The summed E-state index contributed by atoms with van der Waals surface area (Å²) < 4.78 is 9.96. The number of hydrogen-bond donors (Lipinski definition) is 1. The average molecular weight is 534 g/mol. The number of azo groups is 3. The van der Waals surface area contributed by atoms with Crippen LogP contribution in [0.3, 0.4) is 0 Å². The Morgan fingerprint density at radius 1 is 0.946 bits per heavy atom. The third-order valence-corrected chi connectivity index (χ3v) is 6.38. The molecule has 0 aliphatic heterocycles. The largest absolute Gasteiger partial charge is 0.504 e. The highest BCUT2D eigenvalue weighted by atomic mass is 32.1. The molecule has 5 rings (SSSR count). The van der Waals surface area contributed by atoms with Gasteiger partial charge in [-0.25, -0.2) is 14.6 Å². The average Bonchev–Trinajstić information content (AvgIpc) is 3.61. The van der Waals surface area contributed by atoms with Crippen LogP contribution in [-0.4, -0.2) is 47.7 Å². The van der Waals surface area contributed by atoms with Crippen LogP contribution in [0.5, 0.6) is 5.75 Å². The van der Waals surface area contributed by atoms with Crippen LogP contribution < -0.4 is 4.90 Å². The molecule has 16 heteroatoms. The van der Waals surface area contributed by atoms with Crippen LogP contribution in [0.2, 0.25) is 0 Å². The molecule has 0 saturated carbocycles. The minimum Gasteiger partial charge on any atom is -0.504 e. The number of anilines is 1. The van der Waals surface area contributed by atoms with Crippen LogP contribution in [0.4, 0.5) is 38.7 Å². The van der Waals surface area contributed by atoms with Gasteiger partial charge in [-0.1, -0.05) is 0 Å². The van der Waals surface area contributed by atoms with Crippen LogP contribution in [0, 0.1) is 6.92 Å². The summed E-state index contributed by atoms with van der Waals surface area (Å²) in [6.45, 7) is 1.77. The van der Waals surface area contributed by atoms with E-state index in [9.17, 15) is 5.11 Å². The van der Waals surface area contributed by atoms with Crippen LogP contribution in [-0.2, 0) is 7.05 Å². The molecule has 0 fully saturated rings. The number of rotatable bonds is 7. The highest BCUT2D eigenvalue weighted by Crippen LogP contribution is 2.50. The number of benzene rings is 1. The Hall–Kier alpha value is -4.57. The van der Waals surface area contributed by atoms with Gasteiger partial charge in [-0.15, -0.1) is 30.7 Å². The zero-order valence-electron chi connectivity index (χ0n) is 20.0. The molecule has 0 saturated heterocycles. The first-order valence-corrected chi connectivity index (χ1v) is 12.3. The Kier molecular flexibility index (Phi) is 6.65. The summed E-state index contributed by atoms with van der Waals surface area (Å²) in [6, 6.07) is 6.91. The second-order valence-electron chi connectivity index (χ2n) is 7.75. The fraction of sp³-hybridized carbons (Fsp3) is 0.190. The van der Waals surface area contributed by atoms with E-state index >= 15 is 0 Å². The molecule has 5 aromatic rings. The predicted molar refractivity (Wildman–Crippen MR) is 140 cm³/mol. The number of aryl methyl sites for hydroxylation is 2. The highest BCUT2D eigenvalue weighted by molar-refractivity contribution is 7.11. The second kappa shape index (κ2) is 10.2. The number of aromatic nitrogens is 6. The molecule has 0 amide bonds. The van der Waals surface area contributed by atoms with Gasteiger partial charge < -0.3 is 10.0 Å². The second-order valence-corrected chi connectivity index (χ2v) is 9.24. The van der Waals surface area contributed by atoms with E-state index < -0.39 is 0 Å². The fourth-order valence-corrected chi connectivity index (χ4v) is 4.40. The van der Waals surface area contributed by atoms with Gasteiger partial charge >= 0.3 is 0 Å². The molecule has 0 aliphatic rings.